The SMILES string of the molecule is CCC1(O)CC(N2[I-]CCCC2=O)C1. The Hall–Kier alpha value is 0.160. The van der Waals surface area contributed by atoms with Crippen LogP contribution in [0.1, 0.15) is 39.0 Å². The van der Waals surface area contributed by atoms with Crippen molar-refractivity contribution in [2.45, 2.75) is 50.7 Å². The molecule has 14 heavy (non-hydrogen) atoms. The van der Waals surface area contributed by atoms with Gasteiger partial charge >= 0.3 is 95.5 Å². The molecule has 0 aromatic heterocycles. The summed E-state index contributed by atoms with van der Waals surface area (Å²) in [7, 11) is 0. The molecule has 1 saturated heterocycles. The molecule has 1 aliphatic carbocycles. The van der Waals surface area contributed by atoms with Gasteiger partial charge in [-0.15, -0.1) is 0 Å². The molecule has 82 valence electrons. The standard InChI is InChI=1S/C10H17INO2/c1-2-10(14)6-8(7-10)12-9(13)4-3-5-11-12/h8,14H,2-7H2,1H3/q-1. The molecule has 1 N–H and O–H groups in total. The third-order valence-corrected chi connectivity index (χ3v) is 6.49. The predicted octanol–water partition coefficient (Wildman–Crippen LogP) is -2.08. The molecule has 0 aromatic carbocycles. The van der Waals surface area contributed by atoms with E-state index in [0.29, 0.717) is 11.9 Å². The molecule has 3 nitrogen and oxygen atoms in total. The topological polar surface area (TPSA) is 40.5 Å². The van der Waals surface area contributed by atoms with E-state index in [1.165, 1.54) is 4.43 Å². The number of nitrogens with zero attached hydrogens (tertiary/aromatic N) is 1. The first-order valence-corrected chi connectivity index (χ1v) is 7.77. The second-order valence-corrected chi connectivity index (χ2v) is 7.06. The molecule has 0 atom stereocenters. The van der Waals surface area contributed by atoms with Gasteiger partial charge in [0.1, 0.15) is 0 Å². The van der Waals surface area contributed by atoms with Crippen molar-refractivity contribution in [2.24, 2.45) is 0 Å². The summed E-state index contributed by atoms with van der Waals surface area (Å²) in [5, 5.41) is 9.88. The molecule has 1 amide bonds. The molecular formula is C10H17INO2-. The first-order chi connectivity index (χ1) is 6.64. The first kappa shape index (κ1) is 10.7. The molecule has 1 aliphatic heterocycles. The van der Waals surface area contributed by atoms with Gasteiger partial charge in [0, 0.05) is 0 Å². The Morgan fingerprint density at radius 3 is 2.93 bits per heavy atom. The van der Waals surface area contributed by atoms with Gasteiger partial charge < -0.3 is 0 Å². The van der Waals surface area contributed by atoms with E-state index in [0.717, 1.165) is 32.1 Å². The van der Waals surface area contributed by atoms with E-state index in [1.807, 2.05) is 6.92 Å². The quantitative estimate of drug-likeness (QED) is 0.361. The van der Waals surface area contributed by atoms with Crippen LogP contribution < -0.4 is 21.5 Å². The van der Waals surface area contributed by atoms with Crippen molar-refractivity contribution in [2.75, 3.05) is 4.43 Å². The van der Waals surface area contributed by atoms with Crippen LogP contribution in [-0.2, 0) is 4.79 Å². The molecule has 1 saturated carbocycles. The van der Waals surface area contributed by atoms with Crippen LogP contribution in [0.4, 0.5) is 0 Å². The molecule has 0 bridgehead atoms. The number of halogens is 1. The molecular weight excluding hydrogens is 293 g/mol. The van der Waals surface area contributed by atoms with E-state index in [9.17, 15) is 9.90 Å². The Labute approximate surface area is 95.5 Å². The molecule has 2 rings (SSSR count). The maximum absolute atomic E-state index is 11.6. The van der Waals surface area contributed by atoms with E-state index < -0.39 is 5.60 Å². The van der Waals surface area contributed by atoms with Crippen molar-refractivity contribution in [3.63, 3.8) is 0 Å². The van der Waals surface area contributed by atoms with Gasteiger partial charge in [0.25, 0.3) is 0 Å². The van der Waals surface area contributed by atoms with Crippen LogP contribution in [0.3, 0.4) is 0 Å². The van der Waals surface area contributed by atoms with Gasteiger partial charge in [-0.25, -0.2) is 0 Å². The molecule has 0 aromatic rings. The number of alkyl halides is 1. The van der Waals surface area contributed by atoms with Gasteiger partial charge in [0.2, 0.25) is 0 Å². The van der Waals surface area contributed by atoms with Crippen LogP contribution in [0.15, 0.2) is 0 Å². The van der Waals surface area contributed by atoms with Crippen LogP contribution in [0.5, 0.6) is 0 Å². The molecule has 0 unspecified atom stereocenters. The van der Waals surface area contributed by atoms with E-state index >= 15 is 0 Å². The van der Waals surface area contributed by atoms with Crippen molar-refractivity contribution >= 4 is 5.91 Å². The minimum absolute atomic E-state index is 0.0616. The average molecular weight is 310 g/mol. The number of carbonyl (C=O) groups is 1. The van der Waals surface area contributed by atoms with Gasteiger partial charge in [-0.1, -0.05) is 0 Å². The fourth-order valence-corrected chi connectivity index (χ4v) is 4.92. The van der Waals surface area contributed by atoms with Crippen LogP contribution in [0.2, 0.25) is 0 Å². The van der Waals surface area contributed by atoms with Crippen molar-refractivity contribution < 1.29 is 31.4 Å². The van der Waals surface area contributed by atoms with Crippen molar-refractivity contribution in [1.29, 1.82) is 0 Å². The number of rotatable bonds is 2. The fourth-order valence-electron chi connectivity index (χ4n) is 2.11. The van der Waals surface area contributed by atoms with Gasteiger partial charge in [-0.3, -0.25) is 0 Å². The Balaban J connectivity index is 1.89. The van der Waals surface area contributed by atoms with E-state index in [-0.39, 0.29) is 21.5 Å². The normalized spacial score (nSPS) is 38.9. The van der Waals surface area contributed by atoms with Gasteiger partial charge in [-0.05, 0) is 0 Å². The molecule has 0 radical (unpaired) electrons. The molecule has 2 fully saturated rings. The second kappa shape index (κ2) is 3.96. The minimum atomic E-state index is -0.452. The Morgan fingerprint density at radius 1 is 1.64 bits per heavy atom. The van der Waals surface area contributed by atoms with Crippen molar-refractivity contribution in [3.8, 4) is 0 Å². The zero-order valence-corrected chi connectivity index (χ0v) is 10.7. The van der Waals surface area contributed by atoms with E-state index in [4.69, 9.17) is 0 Å². The number of amides is 1. The van der Waals surface area contributed by atoms with Gasteiger partial charge in [0.15, 0.2) is 0 Å². The zero-order chi connectivity index (χ0) is 10.2. The number of hydrogen-bond donors (Lipinski definition) is 1. The van der Waals surface area contributed by atoms with E-state index in [1.54, 1.807) is 0 Å². The van der Waals surface area contributed by atoms with Crippen LogP contribution >= 0.6 is 0 Å². The predicted molar refractivity (Wildman–Crippen MR) is 49.2 cm³/mol. The van der Waals surface area contributed by atoms with Crippen molar-refractivity contribution in [3.05, 3.63) is 0 Å². The summed E-state index contributed by atoms with van der Waals surface area (Å²) >= 11 is -0.0616. The number of hydrogen-bond acceptors (Lipinski definition) is 2. The molecule has 0 spiro atoms. The fraction of sp³-hybridized carbons (Fsp3) is 0.900. The number of aliphatic hydroxyl groups is 1. The third-order valence-electron chi connectivity index (χ3n) is 3.19. The Bertz CT molecular complexity index is 238. The van der Waals surface area contributed by atoms with Crippen LogP contribution in [-0.4, -0.2) is 30.2 Å². The third kappa shape index (κ3) is 1.91. The van der Waals surface area contributed by atoms with E-state index in [2.05, 4.69) is 3.11 Å². The molecule has 1 heterocycles. The van der Waals surface area contributed by atoms with Crippen LogP contribution in [0, 0.1) is 0 Å². The summed E-state index contributed by atoms with van der Waals surface area (Å²) < 4.78 is 3.33. The van der Waals surface area contributed by atoms with Gasteiger partial charge in [-0.2, -0.15) is 0 Å². The summed E-state index contributed by atoms with van der Waals surface area (Å²) in [6.45, 7) is 2.02. The summed E-state index contributed by atoms with van der Waals surface area (Å²) in [5.41, 5.74) is -0.452. The summed E-state index contributed by atoms with van der Waals surface area (Å²) in [4.78, 5) is 11.6. The maximum atomic E-state index is 11.6. The zero-order valence-electron chi connectivity index (χ0n) is 8.50. The van der Waals surface area contributed by atoms with Crippen LogP contribution in [0.25, 0.3) is 0 Å². The number of carbonyl (C=O) groups excluding carboxylic acids is 1. The monoisotopic (exact) mass is 310 g/mol. The molecule has 4 heteroatoms. The summed E-state index contributed by atoms with van der Waals surface area (Å²) in [6.07, 6.45) is 4.28. The summed E-state index contributed by atoms with van der Waals surface area (Å²) in [5.74, 6) is 0.340. The molecule has 2 aliphatic rings. The van der Waals surface area contributed by atoms with Gasteiger partial charge in [0.05, 0.1) is 0 Å². The summed E-state index contributed by atoms with van der Waals surface area (Å²) in [6, 6.07) is 0.376. The van der Waals surface area contributed by atoms with Crippen molar-refractivity contribution in [1.82, 2.24) is 3.11 Å². The average Bonchev–Trinajstić information content (AvgIpc) is 2.14. The first-order valence-electron chi connectivity index (χ1n) is 5.28. The Morgan fingerprint density at radius 2 is 2.36 bits per heavy atom. The second-order valence-electron chi connectivity index (χ2n) is 4.26. The Kier molecular flexibility index (Phi) is 3.02.